The van der Waals surface area contributed by atoms with Crippen LogP contribution in [0, 0.1) is 10.1 Å². The van der Waals surface area contributed by atoms with Gasteiger partial charge in [0.15, 0.2) is 5.75 Å². The number of benzene rings is 2. The van der Waals surface area contributed by atoms with Gasteiger partial charge in [0, 0.05) is 43.3 Å². The molecule has 1 saturated heterocycles. The summed E-state index contributed by atoms with van der Waals surface area (Å²) < 4.78 is 5.08. The quantitative estimate of drug-likeness (QED) is 0.653. The molecule has 0 aliphatic carbocycles. The number of nitrogens with zero attached hydrogens (tertiary/aromatic N) is 2. The van der Waals surface area contributed by atoms with Crippen LogP contribution < -0.4 is 10.1 Å². The van der Waals surface area contributed by atoms with Gasteiger partial charge in [0.2, 0.25) is 0 Å². The Bertz CT molecular complexity index is 769. The van der Waals surface area contributed by atoms with Gasteiger partial charge in [0.1, 0.15) is 0 Å². The standard InChI is InChI=1S/C18H20ClN3O3/c1-25-18-6-5-13(9-16(18)22(23)24)12-21-8-7-20-11-17(21)14-3-2-4-15(19)10-14/h2-6,9-10,17,20H,7-8,11-12H2,1H3. The van der Waals surface area contributed by atoms with Gasteiger partial charge in [-0.05, 0) is 29.3 Å². The van der Waals surface area contributed by atoms with Crippen LogP contribution in [0.25, 0.3) is 0 Å². The Kier molecular flexibility index (Phi) is 5.53. The maximum absolute atomic E-state index is 11.2. The molecule has 2 aromatic rings. The first-order valence-electron chi connectivity index (χ1n) is 8.10. The molecule has 1 aliphatic heterocycles. The predicted octanol–water partition coefficient (Wildman–Crippen LogP) is 3.40. The highest BCUT2D eigenvalue weighted by molar-refractivity contribution is 6.30. The molecule has 132 valence electrons. The third-order valence-electron chi connectivity index (χ3n) is 4.41. The molecule has 0 spiro atoms. The molecule has 2 aromatic carbocycles. The second kappa shape index (κ2) is 7.82. The summed E-state index contributed by atoms with van der Waals surface area (Å²) in [5.41, 5.74) is 2.03. The number of nitrogens with one attached hydrogen (secondary N) is 1. The largest absolute Gasteiger partial charge is 0.490 e. The molecule has 1 heterocycles. The molecule has 0 radical (unpaired) electrons. The lowest BCUT2D eigenvalue weighted by atomic mass is 10.0. The summed E-state index contributed by atoms with van der Waals surface area (Å²) in [6.07, 6.45) is 0. The average molecular weight is 362 g/mol. The monoisotopic (exact) mass is 361 g/mol. The van der Waals surface area contributed by atoms with Crippen molar-refractivity contribution in [3.63, 3.8) is 0 Å². The SMILES string of the molecule is COc1ccc(CN2CCNCC2c2cccc(Cl)c2)cc1[N+](=O)[O-]. The van der Waals surface area contributed by atoms with E-state index in [2.05, 4.69) is 16.3 Å². The van der Waals surface area contributed by atoms with Crippen molar-refractivity contribution in [3.05, 3.63) is 68.7 Å². The predicted molar refractivity (Wildman–Crippen MR) is 97.1 cm³/mol. The van der Waals surface area contributed by atoms with Crippen LogP contribution in [-0.4, -0.2) is 36.6 Å². The molecular formula is C18H20ClN3O3. The van der Waals surface area contributed by atoms with E-state index >= 15 is 0 Å². The first-order valence-corrected chi connectivity index (χ1v) is 8.48. The Morgan fingerprint density at radius 3 is 2.92 bits per heavy atom. The van der Waals surface area contributed by atoms with E-state index in [1.165, 1.54) is 7.11 Å². The first-order chi connectivity index (χ1) is 12.1. The fourth-order valence-corrected chi connectivity index (χ4v) is 3.39. The smallest absolute Gasteiger partial charge is 0.311 e. The van der Waals surface area contributed by atoms with Crippen molar-refractivity contribution >= 4 is 17.3 Å². The molecule has 1 fully saturated rings. The Morgan fingerprint density at radius 2 is 2.20 bits per heavy atom. The number of ether oxygens (including phenoxy) is 1. The molecule has 1 N–H and O–H groups in total. The van der Waals surface area contributed by atoms with E-state index in [-0.39, 0.29) is 17.5 Å². The highest BCUT2D eigenvalue weighted by atomic mass is 35.5. The van der Waals surface area contributed by atoms with Crippen LogP contribution in [0.4, 0.5) is 5.69 Å². The number of hydrogen-bond donors (Lipinski definition) is 1. The van der Waals surface area contributed by atoms with E-state index in [9.17, 15) is 10.1 Å². The highest BCUT2D eigenvalue weighted by Crippen LogP contribution is 2.30. The second-order valence-corrected chi connectivity index (χ2v) is 6.45. The highest BCUT2D eigenvalue weighted by Gasteiger charge is 2.25. The summed E-state index contributed by atoms with van der Waals surface area (Å²) in [7, 11) is 1.44. The van der Waals surface area contributed by atoms with Gasteiger partial charge >= 0.3 is 5.69 Å². The Labute approximate surface area is 151 Å². The van der Waals surface area contributed by atoms with Crippen LogP contribution in [0.2, 0.25) is 5.02 Å². The van der Waals surface area contributed by atoms with E-state index in [0.29, 0.717) is 11.6 Å². The molecule has 6 nitrogen and oxygen atoms in total. The summed E-state index contributed by atoms with van der Waals surface area (Å²) in [5, 5.41) is 15.4. The van der Waals surface area contributed by atoms with Gasteiger partial charge in [0.05, 0.1) is 12.0 Å². The van der Waals surface area contributed by atoms with E-state index in [4.69, 9.17) is 16.3 Å². The number of nitro benzene ring substituents is 1. The van der Waals surface area contributed by atoms with Gasteiger partial charge in [0.25, 0.3) is 0 Å². The molecule has 7 heteroatoms. The van der Waals surface area contributed by atoms with Crippen LogP contribution >= 0.6 is 11.6 Å². The molecule has 0 saturated carbocycles. The van der Waals surface area contributed by atoms with E-state index in [1.54, 1.807) is 12.1 Å². The zero-order valence-corrected chi connectivity index (χ0v) is 14.7. The fourth-order valence-electron chi connectivity index (χ4n) is 3.19. The summed E-state index contributed by atoms with van der Waals surface area (Å²) in [4.78, 5) is 13.1. The zero-order valence-electron chi connectivity index (χ0n) is 13.9. The molecule has 1 aliphatic rings. The molecule has 3 rings (SSSR count). The Morgan fingerprint density at radius 1 is 1.36 bits per heavy atom. The van der Waals surface area contributed by atoms with Gasteiger partial charge < -0.3 is 10.1 Å². The summed E-state index contributed by atoms with van der Waals surface area (Å²) in [6.45, 7) is 3.19. The Hall–Kier alpha value is -2.15. The first kappa shape index (κ1) is 17.7. The van der Waals surface area contributed by atoms with E-state index in [0.717, 1.165) is 30.8 Å². The van der Waals surface area contributed by atoms with Gasteiger partial charge in [-0.3, -0.25) is 15.0 Å². The fraction of sp³-hybridized carbons (Fsp3) is 0.333. The number of methoxy groups -OCH3 is 1. The summed E-state index contributed by atoms with van der Waals surface area (Å²) >= 11 is 6.13. The lowest BCUT2D eigenvalue weighted by Crippen LogP contribution is -2.45. The maximum atomic E-state index is 11.2. The normalized spacial score (nSPS) is 18.1. The summed E-state index contributed by atoms with van der Waals surface area (Å²) in [6, 6.07) is 13.1. The van der Waals surface area contributed by atoms with E-state index in [1.807, 2.05) is 24.3 Å². The van der Waals surface area contributed by atoms with Gasteiger partial charge in [-0.15, -0.1) is 0 Å². The van der Waals surface area contributed by atoms with Crippen molar-refractivity contribution in [2.45, 2.75) is 12.6 Å². The lowest BCUT2D eigenvalue weighted by Gasteiger charge is -2.36. The summed E-state index contributed by atoms with van der Waals surface area (Å²) in [5.74, 6) is 0.278. The molecular weight excluding hydrogens is 342 g/mol. The van der Waals surface area contributed by atoms with E-state index < -0.39 is 4.92 Å². The van der Waals surface area contributed by atoms with Crippen LogP contribution in [0.1, 0.15) is 17.2 Å². The molecule has 25 heavy (non-hydrogen) atoms. The number of rotatable bonds is 5. The van der Waals surface area contributed by atoms with Crippen molar-refractivity contribution in [1.82, 2.24) is 10.2 Å². The van der Waals surface area contributed by atoms with Crippen LogP contribution in [0.15, 0.2) is 42.5 Å². The minimum atomic E-state index is -0.408. The van der Waals surface area contributed by atoms with Crippen molar-refractivity contribution in [2.75, 3.05) is 26.7 Å². The van der Waals surface area contributed by atoms with Gasteiger partial charge in [-0.1, -0.05) is 29.8 Å². The second-order valence-electron chi connectivity index (χ2n) is 6.01. The molecule has 1 atom stereocenters. The minimum Gasteiger partial charge on any atom is -0.490 e. The van der Waals surface area contributed by atoms with Crippen molar-refractivity contribution in [2.24, 2.45) is 0 Å². The lowest BCUT2D eigenvalue weighted by molar-refractivity contribution is -0.385. The molecule has 0 bridgehead atoms. The minimum absolute atomic E-state index is 0.00515. The Balaban J connectivity index is 1.85. The van der Waals surface area contributed by atoms with Gasteiger partial charge in [-0.25, -0.2) is 0 Å². The third-order valence-corrected chi connectivity index (χ3v) is 4.65. The van der Waals surface area contributed by atoms with Crippen LogP contribution in [0.5, 0.6) is 5.75 Å². The zero-order chi connectivity index (χ0) is 17.8. The number of piperazine rings is 1. The number of nitro groups is 1. The maximum Gasteiger partial charge on any atom is 0.311 e. The molecule has 0 amide bonds. The topological polar surface area (TPSA) is 67.6 Å². The number of hydrogen-bond acceptors (Lipinski definition) is 5. The number of halogens is 1. The average Bonchev–Trinajstić information content (AvgIpc) is 2.62. The van der Waals surface area contributed by atoms with Crippen molar-refractivity contribution in [3.8, 4) is 5.75 Å². The van der Waals surface area contributed by atoms with Crippen LogP contribution in [-0.2, 0) is 6.54 Å². The molecule has 0 aromatic heterocycles. The third kappa shape index (κ3) is 4.10. The molecule has 1 unspecified atom stereocenters. The van der Waals surface area contributed by atoms with Crippen molar-refractivity contribution in [1.29, 1.82) is 0 Å². The van der Waals surface area contributed by atoms with Gasteiger partial charge in [-0.2, -0.15) is 0 Å². The van der Waals surface area contributed by atoms with Crippen molar-refractivity contribution < 1.29 is 9.66 Å². The van der Waals surface area contributed by atoms with Crippen LogP contribution in [0.3, 0.4) is 0 Å².